The minimum atomic E-state index is -0.570. The average molecular weight is 341 g/mol. The Kier molecular flexibility index (Phi) is 5.48. The van der Waals surface area contributed by atoms with Gasteiger partial charge in [0, 0.05) is 24.2 Å². The zero-order chi connectivity index (χ0) is 17.6. The van der Waals surface area contributed by atoms with Gasteiger partial charge in [-0.25, -0.2) is 4.79 Å². The van der Waals surface area contributed by atoms with E-state index < -0.39 is 11.2 Å². The molecule has 1 fully saturated rings. The van der Waals surface area contributed by atoms with Crippen molar-refractivity contribution in [1.82, 2.24) is 15.3 Å². The number of aromatic amines is 2. The third kappa shape index (κ3) is 4.47. The SMILES string of the molecule is O=C(Cc1c[nH]c(=O)[nH]c1=O)NC[C@H](c1ccccc1)C1CCCC1. The smallest absolute Gasteiger partial charge is 0.325 e. The number of amides is 1. The van der Waals surface area contributed by atoms with Gasteiger partial charge in [-0.15, -0.1) is 0 Å². The number of hydrogen-bond acceptors (Lipinski definition) is 3. The Balaban J connectivity index is 1.65. The number of H-pyrrole nitrogens is 2. The summed E-state index contributed by atoms with van der Waals surface area (Å²) >= 11 is 0. The van der Waals surface area contributed by atoms with Crippen molar-refractivity contribution in [1.29, 1.82) is 0 Å². The van der Waals surface area contributed by atoms with Gasteiger partial charge in [-0.3, -0.25) is 14.6 Å². The van der Waals surface area contributed by atoms with Crippen molar-refractivity contribution in [3.8, 4) is 0 Å². The van der Waals surface area contributed by atoms with Crippen LogP contribution in [0.4, 0.5) is 0 Å². The van der Waals surface area contributed by atoms with Crippen LogP contribution in [-0.2, 0) is 11.2 Å². The van der Waals surface area contributed by atoms with E-state index in [1.165, 1.54) is 37.4 Å². The number of nitrogens with one attached hydrogen (secondary N) is 3. The van der Waals surface area contributed by atoms with E-state index in [9.17, 15) is 14.4 Å². The minimum Gasteiger partial charge on any atom is -0.355 e. The molecule has 2 aromatic rings. The first-order chi connectivity index (χ1) is 12.1. The Hall–Kier alpha value is -2.63. The molecule has 6 heteroatoms. The summed E-state index contributed by atoms with van der Waals surface area (Å²) in [6.07, 6.45) is 6.12. The van der Waals surface area contributed by atoms with Crippen LogP contribution >= 0.6 is 0 Å². The summed E-state index contributed by atoms with van der Waals surface area (Å²) in [5.74, 6) is 0.664. The fourth-order valence-electron chi connectivity index (χ4n) is 3.64. The highest BCUT2D eigenvalue weighted by atomic mass is 16.2. The molecule has 1 heterocycles. The summed E-state index contributed by atoms with van der Waals surface area (Å²) in [5, 5.41) is 2.96. The van der Waals surface area contributed by atoms with Crippen molar-refractivity contribution in [2.45, 2.75) is 38.0 Å². The topological polar surface area (TPSA) is 94.8 Å². The first kappa shape index (κ1) is 17.2. The van der Waals surface area contributed by atoms with Crippen LogP contribution < -0.4 is 16.6 Å². The molecular weight excluding hydrogens is 318 g/mol. The molecule has 0 radical (unpaired) electrons. The van der Waals surface area contributed by atoms with E-state index in [0.29, 0.717) is 18.4 Å². The second-order valence-corrected chi connectivity index (χ2v) is 6.64. The van der Waals surface area contributed by atoms with Crippen LogP contribution in [0.1, 0.15) is 42.7 Å². The van der Waals surface area contributed by atoms with E-state index in [0.717, 1.165) is 0 Å². The van der Waals surface area contributed by atoms with Crippen LogP contribution in [0.15, 0.2) is 46.1 Å². The lowest BCUT2D eigenvalue weighted by Gasteiger charge is -2.24. The largest absolute Gasteiger partial charge is 0.355 e. The summed E-state index contributed by atoms with van der Waals surface area (Å²) in [6.45, 7) is 0.564. The van der Waals surface area contributed by atoms with Crippen LogP contribution in [0.3, 0.4) is 0 Å². The Labute approximate surface area is 145 Å². The number of carbonyl (C=O) groups excluding carboxylic acids is 1. The molecule has 1 aromatic heterocycles. The quantitative estimate of drug-likeness (QED) is 0.746. The van der Waals surface area contributed by atoms with Crippen LogP contribution in [-0.4, -0.2) is 22.4 Å². The highest BCUT2D eigenvalue weighted by Gasteiger charge is 2.26. The van der Waals surface area contributed by atoms with E-state index in [2.05, 4.69) is 27.4 Å². The van der Waals surface area contributed by atoms with Crippen molar-refractivity contribution in [2.75, 3.05) is 6.54 Å². The monoisotopic (exact) mass is 341 g/mol. The predicted molar refractivity (Wildman–Crippen MR) is 95.5 cm³/mol. The fourth-order valence-corrected chi connectivity index (χ4v) is 3.64. The first-order valence-corrected chi connectivity index (χ1v) is 8.76. The maximum absolute atomic E-state index is 12.2. The van der Waals surface area contributed by atoms with E-state index in [4.69, 9.17) is 0 Å². The van der Waals surface area contributed by atoms with Gasteiger partial charge in [0.25, 0.3) is 5.56 Å². The third-order valence-corrected chi connectivity index (χ3v) is 4.96. The molecule has 132 valence electrons. The molecule has 3 N–H and O–H groups in total. The minimum absolute atomic E-state index is 0.0434. The number of benzene rings is 1. The molecule has 0 spiro atoms. The lowest BCUT2D eigenvalue weighted by Crippen LogP contribution is -2.34. The van der Waals surface area contributed by atoms with E-state index in [1.54, 1.807) is 0 Å². The lowest BCUT2D eigenvalue weighted by molar-refractivity contribution is -0.120. The maximum Gasteiger partial charge on any atom is 0.325 e. The third-order valence-electron chi connectivity index (χ3n) is 4.96. The highest BCUT2D eigenvalue weighted by molar-refractivity contribution is 5.78. The van der Waals surface area contributed by atoms with Gasteiger partial charge < -0.3 is 10.3 Å². The summed E-state index contributed by atoms with van der Waals surface area (Å²) in [6, 6.07) is 10.3. The zero-order valence-corrected chi connectivity index (χ0v) is 14.1. The Morgan fingerprint density at radius 3 is 2.56 bits per heavy atom. The molecular formula is C19H23N3O3. The van der Waals surface area contributed by atoms with E-state index >= 15 is 0 Å². The van der Waals surface area contributed by atoms with Crippen molar-refractivity contribution in [3.05, 3.63) is 68.5 Å². The highest BCUT2D eigenvalue weighted by Crippen LogP contribution is 2.36. The summed E-state index contributed by atoms with van der Waals surface area (Å²) in [5.41, 5.74) is 0.416. The summed E-state index contributed by atoms with van der Waals surface area (Å²) in [7, 11) is 0. The normalized spacial score (nSPS) is 15.8. The van der Waals surface area contributed by atoms with Crippen molar-refractivity contribution < 1.29 is 4.79 Å². The average Bonchev–Trinajstić information content (AvgIpc) is 3.13. The van der Waals surface area contributed by atoms with Crippen LogP contribution in [0.25, 0.3) is 0 Å². The second-order valence-electron chi connectivity index (χ2n) is 6.64. The molecule has 1 aromatic carbocycles. The molecule has 0 bridgehead atoms. The second kappa shape index (κ2) is 7.96. The molecule has 1 amide bonds. The van der Waals surface area contributed by atoms with Gasteiger partial charge in [0.2, 0.25) is 5.91 Å². The molecule has 0 saturated heterocycles. The van der Waals surface area contributed by atoms with E-state index in [-0.39, 0.29) is 17.9 Å². The van der Waals surface area contributed by atoms with Gasteiger partial charge in [-0.2, -0.15) is 0 Å². The molecule has 1 atom stereocenters. The summed E-state index contributed by atoms with van der Waals surface area (Å²) in [4.78, 5) is 39.5. The zero-order valence-electron chi connectivity index (χ0n) is 14.1. The Morgan fingerprint density at radius 2 is 1.88 bits per heavy atom. The van der Waals surface area contributed by atoms with Crippen LogP contribution in [0, 0.1) is 5.92 Å². The van der Waals surface area contributed by atoms with Gasteiger partial charge in [0.1, 0.15) is 0 Å². The molecule has 1 aliphatic carbocycles. The molecule has 1 aliphatic rings. The number of rotatable bonds is 6. The van der Waals surface area contributed by atoms with Crippen LogP contribution in [0.5, 0.6) is 0 Å². The standard InChI is InChI=1S/C19H23N3O3/c23-17(10-15-11-21-19(25)22-18(15)24)20-12-16(14-8-4-5-9-14)13-6-2-1-3-7-13/h1-3,6-7,11,14,16H,4-5,8-10,12H2,(H,20,23)(H2,21,22,24,25)/t16-/m1/s1. The maximum atomic E-state index is 12.2. The number of carbonyl (C=O) groups is 1. The van der Waals surface area contributed by atoms with Gasteiger partial charge in [0.15, 0.2) is 0 Å². The van der Waals surface area contributed by atoms with Gasteiger partial charge in [0.05, 0.1) is 6.42 Å². The lowest BCUT2D eigenvalue weighted by atomic mass is 9.85. The first-order valence-electron chi connectivity index (χ1n) is 8.76. The van der Waals surface area contributed by atoms with Gasteiger partial charge in [-0.1, -0.05) is 43.2 Å². The molecule has 3 rings (SSSR count). The van der Waals surface area contributed by atoms with Gasteiger partial charge >= 0.3 is 5.69 Å². The molecule has 25 heavy (non-hydrogen) atoms. The Bertz CT molecular complexity index is 820. The summed E-state index contributed by atoms with van der Waals surface area (Å²) < 4.78 is 0. The molecule has 1 saturated carbocycles. The van der Waals surface area contributed by atoms with Crippen molar-refractivity contribution in [2.24, 2.45) is 5.92 Å². The number of aromatic nitrogens is 2. The predicted octanol–water partition coefficient (Wildman–Crippen LogP) is 1.70. The van der Waals surface area contributed by atoms with Gasteiger partial charge in [-0.05, 0) is 24.3 Å². The number of hydrogen-bond donors (Lipinski definition) is 3. The van der Waals surface area contributed by atoms with Crippen molar-refractivity contribution >= 4 is 5.91 Å². The molecule has 0 aliphatic heterocycles. The van der Waals surface area contributed by atoms with Crippen LogP contribution in [0.2, 0.25) is 0 Å². The molecule has 0 unspecified atom stereocenters. The fraction of sp³-hybridized carbons (Fsp3) is 0.421. The van der Waals surface area contributed by atoms with Crippen molar-refractivity contribution in [3.63, 3.8) is 0 Å². The Morgan fingerprint density at radius 1 is 1.16 bits per heavy atom. The molecule has 6 nitrogen and oxygen atoms in total. The van der Waals surface area contributed by atoms with E-state index in [1.807, 2.05) is 18.2 Å².